The fourth-order valence-electron chi connectivity index (χ4n) is 3.95. The summed E-state index contributed by atoms with van der Waals surface area (Å²) >= 11 is 0. The third kappa shape index (κ3) is 4.59. The Hall–Kier alpha value is -4.40. The number of aromatic nitrogens is 6. The van der Waals surface area contributed by atoms with Gasteiger partial charge in [-0.25, -0.2) is 9.50 Å². The summed E-state index contributed by atoms with van der Waals surface area (Å²) in [6.45, 7) is 10.2. The van der Waals surface area contributed by atoms with Gasteiger partial charge in [-0.2, -0.15) is 10.1 Å². The van der Waals surface area contributed by atoms with Crippen LogP contribution in [0.5, 0.6) is 0 Å². The summed E-state index contributed by atoms with van der Waals surface area (Å²) < 4.78 is 7.06. The molecule has 0 unspecified atom stereocenters. The van der Waals surface area contributed by atoms with E-state index < -0.39 is 0 Å². The maximum atomic E-state index is 12.5. The third-order valence-electron chi connectivity index (χ3n) is 5.96. The van der Waals surface area contributed by atoms with Crippen LogP contribution in [-0.2, 0) is 12.0 Å². The number of amides is 1. The molecule has 5 aromatic rings. The average molecular weight is 482 g/mol. The number of hydrogen-bond acceptors (Lipinski definition) is 7. The number of nitrogens with zero attached hydrogens (tertiary/aromatic N) is 6. The first-order valence-corrected chi connectivity index (χ1v) is 11.7. The van der Waals surface area contributed by atoms with E-state index in [-0.39, 0.29) is 17.1 Å². The van der Waals surface area contributed by atoms with E-state index in [2.05, 4.69) is 42.7 Å². The van der Waals surface area contributed by atoms with E-state index in [1.165, 1.54) is 0 Å². The predicted molar refractivity (Wildman–Crippen MR) is 135 cm³/mol. The molecule has 5 rings (SSSR count). The quantitative estimate of drug-likeness (QED) is 0.388. The van der Waals surface area contributed by atoms with Crippen LogP contribution in [0.2, 0.25) is 0 Å². The number of aryl methyl sites for hydroxylation is 2. The summed E-state index contributed by atoms with van der Waals surface area (Å²) in [5.41, 5.74) is 7.51. The Bertz CT molecular complexity index is 1580. The molecule has 0 saturated carbocycles. The highest BCUT2D eigenvalue weighted by Crippen LogP contribution is 2.29. The summed E-state index contributed by atoms with van der Waals surface area (Å²) in [6, 6.07) is 12.2. The molecule has 36 heavy (non-hydrogen) atoms. The van der Waals surface area contributed by atoms with Gasteiger partial charge in [0.1, 0.15) is 6.33 Å². The van der Waals surface area contributed by atoms with Gasteiger partial charge >= 0.3 is 0 Å². The monoisotopic (exact) mass is 481 g/mol. The molecule has 0 spiro atoms. The topological polar surface area (TPSA) is 111 Å². The van der Waals surface area contributed by atoms with Crippen molar-refractivity contribution in [2.45, 2.75) is 46.6 Å². The molecule has 0 aliphatic rings. The first-order chi connectivity index (χ1) is 17.2. The van der Waals surface area contributed by atoms with Crippen molar-refractivity contribution in [1.82, 2.24) is 35.0 Å². The van der Waals surface area contributed by atoms with Crippen molar-refractivity contribution in [1.29, 1.82) is 0 Å². The summed E-state index contributed by atoms with van der Waals surface area (Å²) in [6.07, 6.45) is 5.36. The Labute approximate surface area is 208 Å². The Balaban J connectivity index is 1.37. The molecule has 0 bridgehead atoms. The number of fused-ring (bicyclic) bond motifs is 1. The highest BCUT2D eigenvalue weighted by Gasteiger charge is 2.24. The second kappa shape index (κ2) is 8.99. The molecule has 0 aliphatic carbocycles. The normalized spacial score (nSPS) is 11.7. The molecule has 4 aromatic heterocycles. The molecule has 1 amide bonds. The van der Waals surface area contributed by atoms with Gasteiger partial charge in [-0.15, -0.1) is 0 Å². The molecule has 0 fully saturated rings. The number of rotatable bonds is 5. The minimum Gasteiger partial charge on any atom is -0.345 e. The van der Waals surface area contributed by atoms with Crippen molar-refractivity contribution < 1.29 is 9.32 Å². The number of carbonyl (C=O) groups excluding carboxylic acids is 1. The zero-order chi connectivity index (χ0) is 25.4. The zero-order valence-electron chi connectivity index (χ0n) is 20.9. The van der Waals surface area contributed by atoms with Crippen molar-refractivity contribution in [2.24, 2.45) is 0 Å². The first kappa shape index (κ1) is 23.3. The van der Waals surface area contributed by atoms with E-state index in [0.29, 0.717) is 12.4 Å². The van der Waals surface area contributed by atoms with Crippen LogP contribution in [0.1, 0.15) is 54.1 Å². The standard InChI is InChI=1S/C27H27N7O2/c1-16-10-19(6-7-20(16)13-29-25(35)24-32-26(36-33-24)27(3,4)5)23-22-12-21(14-34(22)31-15-30-23)18-8-9-28-17(2)11-18/h6-12,14-15H,13H2,1-5H3,(H,29,35). The lowest BCUT2D eigenvalue weighted by atomic mass is 9.97. The largest absolute Gasteiger partial charge is 0.345 e. The summed E-state index contributed by atoms with van der Waals surface area (Å²) in [4.78, 5) is 25.6. The van der Waals surface area contributed by atoms with E-state index in [9.17, 15) is 4.79 Å². The predicted octanol–water partition coefficient (Wildman–Crippen LogP) is 4.69. The number of nitrogens with one attached hydrogen (secondary N) is 1. The van der Waals surface area contributed by atoms with Crippen LogP contribution < -0.4 is 5.32 Å². The highest BCUT2D eigenvalue weighted by atomic mass is 16.5. The lowest BCUT2D eigenvalue weighted by Crippen LogP contribution is -2.24. The molecule has 1 aromatic carbocycles. The van der Waals surface area contributed by atoms with Gasteiger partial charge in [0, 0.05) is 41.2 Å². The smallest absolute Gasteiger partial charge is 0.292 e. The maximum absolute atomic E-state index is 12.5. The molecule has 0 atom stereocenters. The van der Waals surface area contributed by atoms with Crippen LogP contribution in [0.25, 0.3) is 27.9 Å². The third-order valence-corrected chi connectivity index (χ3v) is 5.96. The first-order valence-electron chi connectivity index (χ1n) is 11.7. The average Bonchev–Trinajstić information content (AvgIpc) is 3.51. The van der Waals surface area contributed by atoms with Crippen molar-refractivity contribution in [3.8, 4) is 22.4 Å². The van der Waals surface area contributed by atoms with Gasteiger partial charge in [0.25, 0.3) is 11.7 Å². The van der Waals surface area contributed by atoms with Gasteiger partial charge in [-0.05, 0) is 54.8 Å². The SMILES string of the molecule is Cc1cc(-c2cc3c(-c4ccc(CNC(=O)c5noc(C(C)(C)C)n5)c(C)c4)ncnn3c2)ccn1. The molecule has 0 saturated heterocycles. The molecule has 9 heteroatoms. The lowest BCUT2D eigenvalue weighted by molar-refractivity contribution is 0.0937. The van der Waals surface area contributed by atoms with Crippen molar-refractivity contribution >= 4 is 11.4 Å². The number of carbonyl (C=O) groups is 1. The Morgan fingerprint density at radius 1 is 1.03 bits per heavy atom. The number of pyridine rings is 1. The van der Waals surface area contributed by atoms with Gasteiger partial charge in [0.2, 0.25) is 5.89 Å². The van der Waals surface area contributed by atoms with Gasteiger partial charge in [-0.1, -0.05) is 38.1 Å². The van der Waals surface area contributed by atoms with Gasteiger partial charge in [0.15, 0.2) is 0 Å². The minimum atomic E-state index is -0.373. The highest BCUT2D eigenvalue weighted by molar-refractivity contribution is 5.90. The Morgan fingerprint density at radius 3 is 2.58 bits per heavy atom. The van der Waals surface area contributed by atoms with Crippen LogP contribution in [0.15, 0.2) is 59.6 Å². The van der Waals surface area contributed by atoms with Crippen LogP contribution >= 0.6 is 0 Å². The van der Waals surface area contributed by atoms with Gasteiger partial charge < -0.3 is 9.84 Å². The molecule has 1 N–H and O–H groups in total. The molecule has 182 valence electrons. The molecule has 4 heterocycles. The fraction of sp³-hybridized carbons (Fsp3) is 0.259. The molecule has 9 nitrogen and oxygen atoms in total. The fourth-order valence-corrected chi connectivity index (χ4v) is 3.95. The van der Waals surface area contributed by atoms with Crippen molar-refractivity contribution in [2.75, 3.05) is 0 Å². The second-order valence-corrected chi connectivity index (χ2v) is 9.85. The van der Waals surface area contributed by atoms with Gasteiger partial charge in [0.05, 0.1) is 11.2 Å². The van der Waals surface area contributed by atoms with Crippen LogP contribution in [0, 0.1) is 13.8 Å². The van der Waals surface area contributed by atoms with E-state index in [1.807, 2.05) is 75.8 Å². The number of hydrogen-bond donors (Lipinski definition) is 1. The zero-order valence-corrected chi connectivity index (χ0v) is 20.9. The van der Waals surface area contributed by atoms with Crippen molar-refractivity contribution in [3.05, 3.63) is 83.7 Å². The second-order valence-electron chi connectivity index (χ2n) is 9.85. The number of benzene rings is 1. The van der Waals surface area contributed by atoms with Crippen molar-refractivity contribution in [3.63, 3.8) is 0 Å². The Morgan fingerprint density at radius 2 is 1.86 bits per heavy atom. The maximum Gasteiger partial charge on any atom is 0.292 e. The van der Waals surface area contributed by atoms with E-state index in [1.54, 1.807) is 6.33 Å². The summed E-state index contributed by atoms with van der Waals surface area (Å²) in [5, 5.41) is 11.1. The van der Waals surface area contributed by atoms with Gasteiger partial charge in [-0.3, -0.25) is 9.78 Å². The van der Waals surface area contributed by atoms with Crippen LogP contribution in [0.4, 0.5) is 0 Å². The molecular weight excluding hydrogens is 454 g/mol. The van der Waals surface area contributed by atoms with Crippen LogP contribution in [-0.4, -0.2) is 35.6 Å². The molecule has 0 radical (unpaired) electrons. The van der Waals surface area contributed by atoms with Crippen LogP contribution in [0.3, 0.4) is 0 Å². The van der Waals surface area contributed by atoms with E-state index in [0.717, 1.165) is 44.7 Å². The van der Waals surface area contributed by atoms with E-state index >= 15 is 0 Å². The Kier molecular flexibility index (Phi) is 5.83. The summed E-state index contributed by atoms with van der Waals surface area (Å²) in [7, 11) is 0. The molecular formula is C27H27N7O2. The summed E-state index contributed by atoms with van der Waals surface area (Å²) in [5.74, 6) is 0.0882. The van der Waals surface area contributed by atoms with E-state index in [4.69, 9.17) is 4.52 Å². The lowest BCUT2D eigenvalue weighted by Gasteiger charge is -2.10. The minimum absolute atomic E-state index is 0.0333. The molecule has 0 aliphatic heterocycles.